The second kappa shape index (κ2) is 7.05. The zero-order chi connectivity index (χ0) is 15.4. The van der Waals surface area contributed by atoms with Crippen molar-refractivity contribution in [1.29, 1.82) is 0 Å². The summed E-state index contributed by atoms with van der Waals surface area (Å²) in [7, 11) is 1.50. The molecule has 0 aliphatic carbocycles. The summed E-state index contributed by atoms with van der Waals surface area (Å²) < 4.78 is 10.9. The minimum atomic E-state index is 0.415. The Morgan fingerprint density at radius 1 is 0.864 bits per heavy atom. The van der Waals surface area contributed by atoms with E-state index in [1.54, 1.807) is 0 Å². The Hall–Kier alpha value is -1.68. The van der Waals surface area contributed by atoms with Crippen molar-refractivity contribution in [3.8, 4) is 11.1 Å². The van der Waals surface area contributed by atoms with E-state index in [1.807, 2.05) is 0 Å². The zero-order valence-electron chi connectivity index (χ0n) is 13.0. The van der Waals surface area contributed by atoms with Crippen LogP contribution >= 0.6 is 0 Å². The van der Waals surface area contributed by atoms with Gasteiger partial charge in [0, 0.05) is 12.8 Å². The van der Waals surface area contributed by atoms with Gasteiger partial charge in [-0.3, -0.25) is 0 Å². The first-order valence-corrected chi connectivity index (χ1v) is 7.87. The molecule has 2 heterocycles. The Bertz CT molecular complexity index is 604. The number of epoxide rings is 2. The third-order valence-corrected chi connectivity index (χ3v) is 4.04. The Kier molecular flexibility index (Phi) is 4.88. The largest absolute Gasteiger partial charge is 0.373 e. The number of rotatable bonds is 5. The fourth-order valence-corrected chi connectivity index (χ4v) is 2.80. The standard InChI is InChI=1S/C18H18O2.CH5N/c1-2-5-13(6-3-1)17-8-4-7-14(9-15-11-19-15)18(17)10-16-12-20-16;1-2/h1-8,15-16H,9-12H2;2H2,1H3. The lowest BCUT2D eigenvalue weighted by Gasteiger charge is -2.14. The maximum absolute atomic E-state index is 5.45. The van der Waals surface area contributed by atoms with Crippen molar-refractivity contribution in [3.63, 3.8) is 0 Å². The number of hydrogen-bond acceptors (Lipinski definition) is 3. The first-order valence-electron chi connectivity index (χ1n) is 7.87. The second-order valence-electron chi connectivity index (χ2n) is 5.63. The normalized spacial score (nSPS) is 21.7. The predicted molar refractivity (Wildman–Crippen MR) is 88.9 cm³/mol. The molecule has 2 N–H and O–H groups in total. The molecule has 2 fully saturated rings. The van der Waals surface area contributed by atoms with Crippen LogP contribution in [0.1, 0.15) is 11.1 Å². The molecule has 0 bridgehead atoms. The van der Waals surface area contributed by atoms with Gasteiger partial charge >= 0.3 is 0 Å². The van der Waals surface area contributed by atoms with Crippen molar-refractivity contribution in [2.45, 2.75) is 25.0 Å². The summed E-state index contributed by atoms with van der Waals surface area (Å²) in [6.07, 6.45) is 2.90. The van der Waals surface area contributed by atoms with Gasteiger partial charge in [0.15, 0.2) is 0 Å². The van der Waals surface area contributed by atoms with Crippen LogP contribution < -0.4 is 5.73 Å². The van der Waals surface area contributed by atoms with Gasteiger partial charge in [-0.25, -0.2) is 0 Å². The molecule has 2 aromatic rings. The second-order valence-corrected chi connectivity index (χ2v) is 5.63. The van der Waals surface area contributed by atoms with Gasteiger partial charge in [-0.2, -0.15) is 0 Å². The number of ether oxygens (including phenoxy) is 2. The molecule has 2 aliphatic heterocycles. The maximum Gasteiger partial charge on any atom is 0.0850 e. The number of nitrogens with two attached hydrogens (primary N) is 1. The highest BCUT2D eigenvalue weighted by atomic mass is 16.6. The highest BCUT2D eigenvalue weighted by Gasteiger charge is 2.28. The van der Waals surface area contributed by atoms with E-state index in [1.165, 1.54) is 29.3 Å². The van der Waals surface area contributed by atoms with Crippen molar-refractivity contribution < 1.29 is 9.47 Å². The molecule has 0 amide bonds. The average molecular weight is 297 g/mol. The van der Waals surface area contributed by atoms with Crippen molar-refractivity contribution in [2.75, 3.05) is 20.3 Å². The van der Waals surface area contributed by atoms with Crippen LogP contribution in [0, 0.1) is 0 Å². The monoisotopic (exact) mass is 297 g/mol. The molecule has 0 radical (unpaired) electrons. The van der Waals surface area contributed by atoms with Crippen LogP contribution in [0.3, 0.4) is 0 Å². The molecule has 116 valence electrons. The van der Waals surface area contributed by atoms with Crippen molar-refractivity contribution in [1.82, 2.24) is 0 Å². The van der Waals surface area contributed by atoms with E-state index in [-0.39, 0.29) is 0 Å². The highest BCUT2D eigenvalue weighted by Crippen LogP contribution is 2.31. The fourth-order valence-electron chi connectivity index (χ4n) is 2.80. The van der Waals surface area contributed by atoms with E-state index in [0.717, 1.165) is 26.1 Å². The molecule has 2 aromatic carbocycles. The summed E-state index contributed by atoms with van der Waals surface area (Å²) in [5.41, 5.74) is 10.0. The first kappa shape index (κ1) is 15.2. The summed E-state index contributed by atoms with van der Waals surface area (Å²) in [6.45, 7) is 1.82. The summed E-state index contributed by atoms with van der Waals surface area (Å²) in [6, 6.07) is 17.3. The molecule has 2 aliphatic rings. The van der Waals surface area contributed by atoms with Gasteiger partial charge in [0.05, 0.1) is 25.4 Å². The van der Waals surface area contributed by atoms with E-state index < -0.39 is 0 Å². The van der Waals surface area contributed by atoms with Gasteiger partial charge in [-0.1, -0.05) is 48.5 Å². The molecule has 2 saturated heterocycles. The van der Waals surface area contributed by atoms with Gasteiger partial charge in [0.1, 0.15) is 0 Å². The number of hydrogen-bond donors (Lipinski definition) is 1. The van der Waals surface area contributed by atoms with Gasteiger partial charge in [-0.15, -0.1) is 0 Å². The summed E-state index contributed by atoms with van der Waals surface area (Å²) in [5, 5.41) is 0. The lowest BCUT2D eigenvalue weighted by Crippen LogP contribution is -2.04. The SMILES string of the molecule is CN.c1ccc(-c2cccc(CC3CO3)c2CC2CO2)cc1. The van der Waals surface area contributed by atoms with Crippen LogP contribution in [-0.4, -0.2) is 32.5 Å². The molecular weight excluding hydrogens is 274 g/mol. The van der Waals surface area contributed by atoms with E-state index in [2.05, 4.69) is 54.3 Å². The molecule has 4 rings (SSSR count). The minimum Gasteiger partial charge on any atom is -0.373 e. The Balaban J connectivity index is 0.000000693. The van der Waals surface area contributed by atoms with Crippen molar-refractivity contribution in [3.05, 3.63) is 59.7 Å². The zero-order valence-corrected chi connectivity index (χ0v) is 13.0. The van der Waals surface area contributed by atoms with Crippen LogP contribution in [0.4, 0.5) is 0 Å². The van der Waals surface area contributed by atoms with Gasteiger partial charge in [0.25, 0.3) is 0 Å². The van der Waals surface area contributed by atoms with Gasteiger partial charge in [-0.05, 0) is 29.3 Å². The quantitative estimate of drug-likeness (QED) is 0.863. The Labute approximate surface area is 132 Å². The maximum atomic E-state index is 5.45. The summed E-state index contributed by atoms with van der Waals surface area (Å²) in [4.78, 5) is 0. The minimum absolute atomic E-state index is 0.415. The van der Waals surface area contributed by atoms with Crippen LogP contribution in [0.5, 0.6) is 0 Å². The Morgan fingerprint density at radius 3 is 2.14 bits per heavy atom. The molecular formula is C19H23NO2. The third kappa shape index (κ3) is 3.74. The van der Waals surface area contributed by atoms with E-state index in [9.17, 15) is 0 Å². The molecule has 3 nitrogen and oxygen atoms in total. The smallest absolute Gasteiger partial charge is 0.0850 e. The molecule has 0 saturated carbocycles. The van der Waals surface area contributed by atoms with Crippen molar-refractivity contribution >= 4 is 0 Å². The Morgan fingerprint density at radius 2 is 1.50 bits per heavy atom. The molecule has 0 spiro atoms. The lowest BCUT2D eigenvalue weighted by molar-refractivity contribution is 0.402. The van der Waals surface area contributed by atoms with E-state index in [0.29, 0.717) is 12.2 Å². The van der Waals surface area contributed by atoms with Crippen LogP contribution in [0.2, 0.25) is 0 Å². The molecule has 0 aromatic heterocycles. The predicted octanol–water partition coefficient (Wildman–Crippen LogP) is 2.81. The molecule has 2 unspecified atom stereocenters. The summed E-state index contributed by atoms with van der Waals surface area (Å²) >= 11 is 0. The van der Waals surface area contributed by atoms with Crippen LogP contribution in [0.15, 0.2) is 48.5 Å². The van der Waals surface area contributed by atoms with Crippen LogP contribution in [0.25, 0.3) is 11.1 Å². The lowest BCUT2D eigenvalue weighted by atomic mass is 9.90. The summed E-state index contributed by atoms with van der Waals surface area (Å²) in [5.74, 6) is 0. The molecule has 22 heavy (non-hydrogen) atoms. The van der Waals surface area contributed by atoms with Gasteiger partial charge < -0.3 is 15.2 Å². The topological polar surface area (TPSA) is 51.1 Å². The fraction of sp³-hybridized carbons (Fsp3) is 0.368. The third-order valence-electron chi connectivity index (χ3n) is 4.04. The number of benzene rings is 2. The molecule has 3 heteroatoms. The van der Waals surface area contributed by atoms with Crippen LogP contribution in [-0.2, 0) is 22.3 Å². The van der Waals surface area contributed by atoms with Gasteiger partial charge in [0.2, 0.25) is 0 Å². The highest BCUT2D eigenvalue weighted by molar-refractivity contribution is 5.69. The van der Waals surface area contributed by atoms with E-state index in [4.69, 9.17) is 9.47 Å². The molecule has 2 atom stereocenters. The first-order chi connectivity index (χ1) is 10.9. The average Bonchev–Trinajstić information content (AvgIpc) is 3.48. The van der Waals surface area contributed by atoms with E-state index >= 15 is 0 Å². The van der Waals surface area contributed by atoms with Crippen molar-refractivity contribution in [2.24, 2.45) is 5.73 Å².